The SMILES string of the molecule is CSCC[C@H](N=Cc1cc(C)cc(C=N[C@@H](CCSC)C(=O)[O-])c1O)C(=O)[O-].[Na+].[Na+]. The number of aromatic hydroxyl groups is 1. The number of aliphatic carboxylic acids is 2. The van der Waals surface area contributed by atoms with E-state index in [-0.39, 0.29) is 64.9 Å². The molecule has 0 heterocycles. The number of aliphatic imine (C=N–C) groups is 2. The molecule has 0 amide bonds. The Hall–Kier alpha value is 0. The first-order valence-electron chi connectivity index (χ1n) is 8.59. The van der Waals surface area contributed by atoms with Crippen molar-refractivity contribution in [2.24, 2.45) is 9.98 Å². The van der Waals surface area contributed by atoms with Gasteiger partial charge in [0.2, 0.25) is 0 Å². The fourth-order valence-electron chi connectivity index (χ4n) is 2.34. The average molecular weight is 471 g/mol. The summed E-state index contributed by atoms with van der Waals surface area (Å²) in [6.07, 6.45) is 6.97. The van der Waals surface area contributed by atoms with Gasteiger partial charge in [0.1, 0.15) is 5.75 Å². The molecular formula is C19H24N2Na2O5S2. The number of thioether (sulfide) groups is 2. The Morgan fingerprint density at radius 2 is 1.33 bits per heavy atom. The Bertz CT molecular complexity index is 691. The molecule has 30 heavy (non-hydrogen) atoms. The van der Waals surface area contributed by atoms with Gasteiger partial charge in [-0.2, -0.15) is 23.5 Å². The predicted molar refractivity (Wildman–Crippen MR) is 112 cm³/mol. The van der Waals surface area contributed by atoms with Crippen molar-refractivity contribution < 1.29 is 84.0 Å². The van der Waals surface area contributed by atoms with Crippen LogP contribution in [0, 0.1) is 6.92 Å². The minimum atomic E-state index is -1.27. The third-order valence-electron chi connectivity index (χ3n) is 3.84. The molecule has 0 spiro atoms. The van der Waals surface area contributed by atoms with Gasteiger partial charge in [-0.25, -0.2) is 0 Å². The van der Waals surface area contributed by atoms with E-state index in [1.807, 2.05) is 12.5 Å². The van der Waals surface area contributed by atoms with E-state index in [0.717, 1.165) is 5.56 Å². The van der Waals surface area contributed by atoms with Crippen LogP contribution in [0.4, 0.5) is 0 Å². The van der Waals surface area contributed by atoms with Gasteiger partial charge >= 0.3 is 59.1 Å². The second kappa shape index (κ2) is 17.5. The van der Waals surface area contributed by atoms with Crippen LogP contribution in [0.15, 0.2) is 22.1 Å². The largest absolute Gasteiger partial charge is 1.00 e. The van der Waals surface area contributed by atoms with Gasteiger partial charge < -0.3 is 24.9 Å². The van der Waals surface area contributed by atoms with Crippen molar-refractivity contribution >= 4 is 47.9 Å². The van der Waals surface area contributed by atoms with Crippen LogP contribution in [0.2, 0.25) is 0 Å². The summed E-state index contributed by atoms with van der Waals surface area (Å²) in [4.78, 5) is 30.4. The van der Waals surface area contributed by atoms with Crippen LogP contribution >= 0.6 is 23.5 Å². The topological polar surface area (TPSA) is 125 Å². The van der Waals surface area contributed by atoms with Gasteiger partial charge in [0.05, 0.1) is 24.0 Å². The molecule has 154 valence electrons. The summed E-state index contributed by atoms with van der Waals surface area (Å²) in [5, 5.41) is 32.8. The third kappa shape index (κ3) is 11.6. The molecule has 0 aliphatic carbocycles. The molecule has 0 aliphatic heterocycles. The summed E-state index contributed by atoms with van der Waals surface area (Å²) < 4.78 is 0. The van der Waals surface area contributed by atoms with Crippen LogP contribution in [0.3, 0.4) is 0 Å². The van der Waals surface area contributed by atoms with Gasteiger partial charge in [-0.3, -0.25) is 9.98 Å². The molecule has 0 unspecified atom stereocenters. The van der Waals surface area contributed by atoms with Gasteiger partial charge in [-0.1, -0.05) is 0 Å². The maximum absolute atomic E-state index is 11.2. The number of hydrogen-bond donors (Lipinski definition) is 1. The van der Waals surface area contributed by atoms with E-state index in [1.54, 1.807) is 19.1 Å². The maximum atomic E-state index is 11.2. The van der Waals surface area contributed by atoms with Crippen molar-refractivity contribution in [1.29, 1.82) is 0 Å². The molecule has 1 rings (SSSR count). The first-order chi connectivity index (χ1) is 13.3. The number of benzene rings is 1. The van der Waals surface area contributed by atoms with Crippen LogP contribution in [-0.2, 0) is 9.59 Å². The first kappa shape index (κ1) is 32.2. The van der Waals surface area contributed by atoms with Crippen molar-refractivity contribution in [3.8, 4) is 5.75 Å². The van der Waals surface area contributed by atoms with Crippen LogP contribution in [-0.4, -0.2) is 65.6 Å². The summed E-state index contributed by atoms with van der Waals surface area (Å²) in [5.74, 6) is -1.46. The summed E-state index contributed by atoms with van der Waals surface area (Å²) in [6, 6.07) is 1.30. The van der Waals surface area contributed by atoms with Crippen molar-refractivity contribution in [1.82, 2.24) is 0 Å². The number of carbonyl (C=O) groups excluding carboxylic acids is 2. The van der Waals surface area contributed by atoms with E-state index in [1.165, 1.54) is 36.0 Å². The zero-order valence-electron chi connectivity index (χ0n) is 18.1. The zero-order valence-corrected chi connectivity index (χ0v) is 23.7. The Morgan fingerprint density at radius 3 is 1.63 bits per heavy atom. The fraction of sp³-hybridized carbons (Fsp3) is 0.474. The van der Waals surface area contributed by atoms with Gasteiger partial charge in [-0.15, -0.1) is 0 Å². The number of rotatable bonds is 12. The van der Waals surface area contributed by atoms with Crippen LogP contribution < -0.4 is 69.3 Å². The van der Waals surface area contributed by atoms with E-state index in [9.17, 15) is 24.9 Å². The first-order valence-corrected chi connectivity index (χ1v) is 11.4. The van der Waals surface area contributed by atoms with Crippen molar-refractivity contribution in [3.63, 3.8) is 0 Å². The van der Waals surface area contributed by atoms with Gasteiger partial charge in [0.25, 0.3) is 0 Å². The van der Waals surface area contributed by atoms with E-state index in [4.69, 9.17) is 0 Å². The normalized spacial score (nSPS) is 12.9. The molecule has 0 radical (unpaired) electrons. The molecule has 11 heteroatoms. The van der Waals surface area contributed by atoms with E-state index < -0.39 is 24.0 Å². The van der Waals surface area contributed by atoms with E-state index >= 15 is 0 Å². The zero-order chi connectivity index (χ0) is 21.1. The van der Waals surface area contributed by atoms with E-state index in [2.05, 4.69) is 9.98 Å². The summed E-state index contributed by atoms with van der Waals surface area (Å²) in [6.45, 7) is 1.79. The molecule has 7 nitrogen and oxygen atoms in total. The molecule has 2 atom stereocenters. The summed E-state index contributed by atoms with van der Waals surface area (Å²) in [5.41, 5.74) is 1.43. The number of phenols is 1. The number of nitrogens with zero attached hydrogens (tertiary/aromatic N) is 2. The second-order valence-corrected chi connectivity index (χ2v) is 8.05. The number of phenolic OH excluding ortho intramolecular Hbond substituents is 1. The monoisotopic (exact) mass is 470 g/mol. The number of carbonyl (C=O) groups is 2. The van der Waals surface area contributed by atoms with Crippen LogP contribution in [0.5, 0.6) is 5.75 Å². The Balaban J connectivity index is 0. The van der Waals surface area contributed by atoms with Gasteiger partial charge in [-0.05, 0) is 61.5 Å². The molecular weight excluding hydrogens is 446 g/mol. The molecule has 1 aromatic rings. The number of hydrogen-bond acceptors (Lipinski definition) is 9. The fourth-order valence-corrected chi connectivity index (χ4v) is 3.26. The van der Waals surface area contributed by atoms with Gasteiger partial charge in [0.15, 0.2) is 0 Å². The smallest absolute Gasteiger partial charge is 0.548 e. The molecule has 0 aliphatic rings. The standard InChI is InChI=1S/C19H26N2O5S2.2Na/c1-12-8-13(10-20-15(18(23)24)4-6-27-2)17(22)14(9-12)11-21-16(19(25)26)5-7-28-3;;/h8-11,15-16,22H,4-7H2,1-3H3,(H,23,24)(H,25,26);;/q;2*+1/p-2/t15-,16-;;/m0../s1. The van der Waals surface area contributed by atoms with Crippen molar-refractivity contribution in [2.45, 2.75) is 31.8 Å². The second-order valence-electron chi connectivity index (χ2n) is 6.08. The predicted octanol–water partition coefficient (Wildman–Crippen LogP) is -5.71. The van der Waals surface area contributed by atoms with Crippen molar-refractivity contribution in [2.75, 3.05) is 24.0 Å². The van der Waals surface area contributed by atoms with Gasteiger partial charge in [0, 0.05) is 23.6 Å². The number of carboxylic acid groups (broad SMARTS) is 2. The molecule has 0 aromatic heterocycles. The summed E-state index contributed by atoms with van der Waals surface area (Å²) in [7, 11) is 0. The minimum Gasteiger partial charge on any atom is -0.548 e. The maximum Gasteiger partial charge on any atom is 1.00 e. The Kier molecular flexibility index (Phi) is 18.8. The molecule has 0 fully saturated rings. The minimum absolute atomic E-state index is 0. The molecule has 0 saturated carbocycles. The molecule has 1 aromatic carbocycles. The Labute approximate surface area is 230 Å². The average Bonchev–Trinajstić information content (AvgIpc) is 2.64. The quantitative estimate of drug-likeness (QED) is 0.238. The van der Waals surface area contributed by atoms with Crippen LogP contribution in [0.25, 0.3) is 0 Å². The number of carboxylic acids is 2. The van der Waals surface area contributed by atoms with E-state index in [0.29, 0.717) is 35.5 Å². The molecule has 0 bridgehead atoms. The molecule has 1 N–H and O–H groups in total. The third-order valence-corrected chi connectivity index (χ3v) is 5.12. The Morgan fingerprint density at radius 1 is 0.967 bits per heavy atom. The summed E-state index contributed by atoms with van der Waals surface area (Å²) >= 11 is 3.02. The van der Waals surface area contributed by atoms with Crippen LogP contribution in [0.1, 0.15) is 29.5 Å². The number of aryl methyl sites for hydroxylation is 1. The molecule has 0 saturated heterocycles. The van der Waals surface area contributed by atoms with Crippen molar-refractivity contribution in [3.05, 3.63) is 28.8 Å².